The molecule has 0 aromatic carbocycles. The maximum atomic E-state index is 11.9. The maximum Gasteiger partial charge on any atom is 0.225 e. The van der Waals surface area contributed by atoms with Crippen LogP contribution in [0.3, 0.4) is 0 Å². The Morgan fingerprint density at radius 1 is 1.11 bits per heavy atom. The zero-order valence-corrected chi connectivity index (χ0v) is 11.7. The summed E-state index contributed by atoms with van der Waals surface area (Å²) in [6.45, 7) is 0.689. The van der Waals surface area contributed by atoms with Crippen molar-refractivity contribution in [3.8, 4) is 0 Å². The molecule has 2 aliphatic rings. The van der Waals surface area contributed by atoms with Gasteiger partial charge in [0, 0.05) is 19.1 Å². The van der Waals surface area contributed by atoms with Gasteiger partial charge in [-0.25, -0.2) is 12.7 Å². The van der Waals surface area contributed by atoms with E-state index >= 15 is 0 Å². The number of rotatable bonds is 3. The van der Waals surface area contributed by atoms with Gasteiger partial charge in [0.05, 0.1) is 12.2 Å². The van der Waals surface area contributed by atoms with Crippen LogP contribution in [-0.2, 0) is 14.8 Å². The number of hydrogen-bond acceptors (Lipinski definition) is 3. The van der Waals surface area contributed by atoms with Crippen LogP contribution in [-0.4, -0.2) is 44.0 Å². The average molecular weight is 274 g/mol. The van der Waals surface area contributed by atoms with Crippen LogP contribution < -0.4 is 5.32 Å². The fraction of sp³-hybridized carbons (Fsp3) is 0.917. The zero-order chi connectivity index (χ0) is 13.2. The predicted molar refractivity (Wildman–Crippen MR) is 69.5 cm³/mol. The average Bonchev–Trinajstić information content (AvgIpc) is 2.41. The number of hydrogen-bond donors (Lipinski definition) is 1. The molecule has 5 nitrogen and oxygen atoms in total. The van der Waals surface area contributed by atoms with Crippen LogP contribution in [0.25, 0.3) is 0 Å². The molecule has 0 bridgehead atoms. The summed E-state index contributed by atoms with van der Waals surface area (Å²) in [4.78, 5) is 11.9. The molecule has 0 atom stereocenters. The number of amides is 1. The lowest BCUT2D eigenvalue weighted by molar-refractivity contribution is -0.129. The fourth-order valence-electron chi connectivity index (χ4n) is 2.62. The topological polar surface area (TPSA) is 66.5 Å². The molecule has 0 spiro atoms. The van der Waals surface area contributed by atoms with Crippen LogP contribution in [0.4, 0.5) is 0 Å². The van der Waals surface area contributed by atoms with Gasteiger partial charge in [0.25, 0.3) is 0 Å². The molecule has 18 heavy (non-hydrogen) atoms. The molecule has 1 amide bonds. The molecule has 1 aliphatic carbocycles. The Labute approximate surface area is 109 Å². The molecule has 6 heteroatoms. The van der Waals surface area contributed by atoms with Crippen molar-refractivity contribution in [1.29, 1.82) is 0 Å². The highest BCUT2D eigenvalue weighted by Gasteiger charge is 2.38. The molecule has 0 unspecified atom stereocenters. The number of nitrogens with zero attached hydrogens (tertiary/aromatic N) is 1. The normalized spacial score (nSPS) is 24.3. The van der Waals surface area contributed by atoms with Gasteiger partial charge in [0.1, 0.15) is 0 Å². The van der Waals surface area contributed by atoms with Crippen LogP contribution in [0.1, 0.15) is 38.5 Å². The van der Waals surface area contributed by atoms with E-state index in [1.54, 1.807) is 0 Å². The van der Waals surface area contributed by atoms with Gasteiger partial charge >= 0.3 is 0 Å². The van der Waals surface area contributed by atoms with Gasteiger partial charge in [0.15, 0.2) is 0 Å². The summed E-state index contributed by atoms with van der Waals surface area (Å²) in [7, 11) is -3.12. The number of nitrogens with one attached hydrogen (secondary N) is 1. The van der Waals surface area contributed by atoms with Gasteiger partial charge < -0.3 is 5.32 Å². The van der Waals surface area contributed by atoms with Crippen molar-refractivity contribution in [3.05, 3.63) is 0 Å². The maximum absolute atomic E-state index is 11.9. The molecule has 2 fully saturated rings. The second-order valence-corrected chi connectivity index (χ2v) is 7.46. The van der Waals surface area contributed by atoms with E-state index in [1.807, 2.05) is 0 Å². The van der Waals surface area contributed by atoms with Gasteiger partial charge in [-0.3, -0.25) is 4.79 Å². The van der Waals surface area contributed by atoms with Crippen LogP contribution in [0.5, 0.6) is 0 Å². The molecule has 1 N–H and O–H groups in total. The minimum atomic E-state index is -3.12. The molecule has 0 aromatic rings. The minimum absolute atomic E-state index is 0.0294. The number of sulfonamides is 1. The molecule has 1 aliphatic heterocycles. The largest absolute Gasteiger partial charge is 0.353 e. The molecule has 104 valence electrons. The lowest BCUT2D eigenvalue weighted by atomic mass is 10.0. The standard InChI is InChI=1S/C12H22N2O3S/c1-18(16,17)14-8-10(9-14)12(15)13-11-6-4-2-3-5-7-11/h10-11H,2-9H2,1H3,(H,13,15). The molecule has 1 saturated carbocycles. The minimum Gasteiger partial charge on any atom is -0.353 e. The van der Waals surface area contributed by atoms with Crippen molar-refractivity contribution < 1.29 is 13.2 Å². The first-order valence-electron chi connectivity index (χ1n) is 6.72. The van der Waals surface area contributed by atoms with Gasteiger partial charge in [-0.15, -0.1) is 0 Å². The van der Waals surface area contributed by atoms with Crippen molar-refractivity contribution in [2.45, 2.75) is 44.6 Å². The van der Waals surface area contributed by atoms with E-state index in [4.69, 9.17) is 0 Å². The molecule has 0 radical (unpaired) electrons. The molecule has 0 aromatic heterocycles. The second kappa shape index (κ2) is 5.57. The van der Waals surface area contributed by atoms with E-state index in [0.29, 0.717) is 19.1 Å². The summed E-state index contributed by atoms with van der Waals surface area (Å²) in [6, 6.07) is 0.298. The van der Waals surface area contributed by atoms with E-state index in [0.717, 1.165) is 12.8 Å². The fourth-order valence-corrected chi connectivity index (χ4v) is 3.52. The highest BCUT2D eigenvalue weighted by atomic mass is 32.2. The van der Waals surface area contributed by atoms with Crippen molar-refractivity contribution >= 4 is 15.9 Å². The monoisotopic (exact) mass is 274 g/mol. The Kier molecular flexibility index (Phi) is 4.27. The van der Waals surface area contributed by atoms with Crippen LogP contribution in [0.2, 0.25) is 0 Å². The number of carbonyl (C=O) groups is 1. The summed E-state index contributed by atoms with van der Waals surface area (Å²) < 4.78 is 23.8. The highest BCUT2D eigenvalue weighted by Crippen LogP contribution is 2.21. The van der Waals surface area contributed by atoms with Crippen LogP contribution in [0, 0.1) is 5.92 Å². The summed E-state index contributed by atoms with van der Waals surface area (Å²) in [5.41, 5.74) is 0. The predicted octanol–water partition coefficient (Wildman–Crippen LogP) is 0.717. The van der Waals surface area contributed by atoms with E-state index < -0.39 is 10.0 Å². The van der Waals surface area contributed by atoms with Crippen molar-refractivity contribution in [3.63, 3.8) is 0 Å². The summed E-state index contributed by atoms with van der Waals surface area (Å²) in [5, 5.41) is 3.07. The first kappa shape index (κ1) is 13.8. The molecule has 1 heterocycles. The molecular weight excluding hydrogens is 252 g/mol. The van der Waals surface area contributed by atoms with Crippen molar-refractivity contribution in [2.75, 3.05) is 19.3 Å². The van der Waals surface area contributed by atoms with Crippen LogP contribution >= 0.6 is 0 Å². The lowest BCUT2D eigenvalue weighted by Crippen LogP contribution is -2.56. The Balaban J connectivity index is 1.76. The van der Waals surface area contributed by atoms with Gasteiger partial charge in [-0.1, -0.05) is 25.7 Å². The third-order valence-electron chi connectivity index (χ3n) is 3.89. The summed E-state index contributed by atoms with van der Waals surface area (Å²) in [6.07, 6.45) is 8.21. The lowest BCUT2D eigenvalue weighted by Gasteiger charge is -2.36. The Morgan fingerprint density at radius 3 is 2.17 bits per heavy atom. The Morgan fingerprint density at radius 2 is 1.67 bits per heavy atom. The first-order chi connectivity index (χ1) is 8.47. The smallest absolute Gasteiger partial charge is 0.225 e. The van der Waals surface area contributed by atoms with Crippen molar-refractivity contribution in [2.24, 2.45) is 5.92 Å². The Bertz CT molecular complexity index is 394. The number of carbonyl (C=O) groups excluding carboxylic acids is 1. The SMILES string of the molecule is CS(=O)(=O)N1CC(C(=O)NC2CCCCCC2)C1. The van der Waals surface area contributed by atoms with Gasteiger partial charge in [-0.05, 0) is 12.8 Å². The quantitative estimate of drug-likeness (QED) is 0.771. The molecular formula is C12H22N2O3S. The van der Waals surface area contributed by atoms with E-state index in [-0.39, 0.29) is 11.8 Å². The van der Waals surface area contributed by atoms with Crippen molar-refractivity contribution in [1.82, 2.24) is 9.62 Å². The van der Waals surface area contributed by atoms with Crippen LogP contribution in [0.15, 0.2) is 0 Å². The Hall–Kier alpha value is -0.620. The van der Waals surface area contributed by atoms with E-state index in [1.165, 1.54) is 36.2 Å². The molecule has 1 saturated heterocycles. The zero-order valence-electron chi connectivity index (χ0n) is 10.9. The second-order valence-electron chi connectivity index (χ2n) is 5.47. The third kappa shape index (κ3) is 3.45. The van der Waals surface area contributed by atoms with Gasteiger partial charge in [-0.2, -0.15) is 0 Å². The first-order valence-corrected chi connectivity index (χ1v) is 8.57. The highest BCUT2D eigenvalue weighted by molar-refractivity contribution is 7.88. The summed E-state index contributed by atoms with van der Waals surface area (Å²) >= 11 is 0. The summed E-state index contributed by atoms with van der Waals surface area (Å²) in [5.74, 6) is -0.121. The molecule has 2 rings (SSSR count). The third-order valence-corrected chi connectivity index (χ3v) is 5.13. The van der Waals surface area contributed by atoms with E-state index in [2.05, 4.69) is 5.32 Å². The van der Waals surface area contributed by atoms with E-state index in [9.17, 15) is 13.2 Å². The van der Waals surface area contributed by atoms with Gasteiger partial charge in [0.2, 0.25) is 15.9 Å².